The van der Waals surface area contributed by atoms with Gasteiger partial charge in [0.15, 0.2) is 6.61 Å². The Hall–Kier alpha value is -2.45. The topological polar surface area (TPSA) is 84.5 Å². The number of benzene rings is 3. The average Bonchev–Trinajstić information content (AvgIpc) is 2.72. The van der Waals surface area contributed by atoms with Crippen LogP contribution < -0.4 is 14.8 Å². The van der Waals surface area contributed by atoms with E-state index in [0.29, 0.717) is 32.2 Å². The zero-order valence-electron chi connectivity index (χ0n) is 16.2. The molecule has 0 bridgehead atoms. The molecule has 0 radical (unpaired) electrons. The molecule has 3 aromatic carbocycles. The maximum absolute atomic E-state index is 12.6. The number of rotatable bonds is 7. The van der Waals surface area contributed by atoms with Gasteiger partial charge in [-0.05, 0) is 67.1 Å². The van der Waals surface area contributed by atoms with Crippen molar-refractivity contribution in [1.82, 2.24) is 0 Å². The Morgan fingerprint density at radius 2 is 1.65 bits per heavy atom. The predicted molar refractivity (Wildman–Crippen MR) is 124 cm³/mol. The maximum Gasteiger partial charge on any atom is 0.262 e. The van der Waals surface area contributed by atoms with Gasteiger partial charge in [0.25, 0.3) is 15.9 Å². The van der Waals surface area contributed by atoms with Gasteiger partial charge in [-0.2, -0.15) is 0 Å². The van der Waals surface area contributed by atoms with Gasteiger partial charge in [0.1, 0.15) is 5.75 Å². The van der Waals surface area contributed by atoms with Crippen molar-refractivity contribution in [1.29, 1.82) is 0 Å². The van der Waals surface area contributed by atoms with Crippen LogP contribution in [0.4, 0.5) is 11.4 Å². The highest BCUT2D eigenvalue weighted by molar-refractivity contribution is 7.92. The molecule has 0 aromatic heterocycles. The van der Waals surface area contributed by atoms with E-state index in [4.69, 9.17) is 39.5 Å². The molecule has 3 rings (SSSR count). The third-order valence-electron chi connectivity index (χ3n) is 4.13. The number of hydrogen-bond donors (Lipinski definition) is 2. The second kappa shape index (κ2) is 9.78. The summed E-state index contributed by atoms with van der Waals surface area (Å²) >= 11 is 17.9. The first-order valence-corrected chi connectivity index (χ1v) is 11.5. The number of amides is 1. The first-order valence-electron chi connectivity index (χ1n) is 8.91. The lowest BCUT2D eigenvalue weighted by molar-refractivity contribution is -0.118. The molecule has 0 saturated heterocycles. The van der Waals surface area contributed by atoms with Crippen molar-refractivity contribution in [3.8, 4) is 5.75 Å². The Kier molecular flexibility index (Phi) is 7.33. The van der Waals surface area contributed by atoms with Gasteiger partial charge in [-0.1, -0.05) is 40.9 Å². The Morgan fingerprint density at radius 3 is 2.32 bits per heavy atom. The number of ether oxygens (including phenoxy) is 1. The van der Waals surface area contributed by atoms with Gasteiger partial charge in [0.05, 0.1) is 21.3 Å². The largest absolute Gasteiger partial charge is 0.484 e. The predicted octanol–water partition coefficient (Wildman–Crippen LogP) is 5.77. The van der Waals surface area contributed by atoms with Crippen LogP contribution >= 0.6 is 34.8 Å². The number of aryl methyl sites for hydroxylation is 1. The highest BCUT2D eigenvalue weighted by atomic mass is 35.5. The van der Waals surface area contributed by atoms with Gasteiger partial charge >= 0.3 is 0 Å². The summed E-state index contributed by atoms with van der Waals surface area (Å²) in [6, 6.07) is 15.2. The quantitative estimate of drug-likeness (QED) is 0.432. The number of anilines is 2. The van der Waals surface area contributed by atoms with E-state index in [1.807, 2.05) is 6.92 Å². The molecular formula is C21H17Cl3N2O4S. The average molecular weight is 500 g/mol. The number of carbonyl (C=O) groups excluding carboxylic acids is 1. The summed E-state index contributed by atoms with van der Waals surface area (Å²) in [5, 5.41) is 3.83. The van der Waals surface area contributed by atoms with Crippen molar-refractivity contribution in [2.24, 2.45) is 0 Å². The fraction of sp³-hybridized carbons (Fsp3) is 0.0952. The molecule has 0 aliphatic carbocycles. The number of halogens is 3. The molecule has 0 fully saturated rings. The van der Waals surface area contributed by atoms with Crippen LogP contribution in [0.2, 0.25) is 15.1 Å². The second-order valence-corrected chi connectivity index (χ2v) is 9.44. The summed E-state index contributed by atoms with van der Waals surface area (Å²) in [6.07, 6.45) is 0. The van der Waals surface area contributed by atoms with Crippen LogP contribution in [-0.4, -0.2) is 20.9 Å². The zero-order chi connectivity index (χ0) is 22.6. The molecule has 10 heteroatoms. The van der Waals surface area contributed by atoms with Crippen molar-refractivity contribution < 1.29 is 17.9 Å². The third kappa shape index (κ3) is 6.27. The normalized spacial score (nSPS) is 11.1. The fourth-order valence-electron chi connectivity index (χ4n) is 2.51. The van der Waals surface area contributed by atoms with Crippen LogP contribution in [0.5, 0.6) is 5.75 Å². The SMILES string of the molecule is Cc1ccc(NS(=O)(=O)c2ccc(OCC(=O)Nc3cc(Cl)ccc3Cl)cc2)cc1Cl. The number of carbonyl (C=O) groups is 1. The highest BCUT2D eigenvalue weighted by Gasteiger charge is 2.15. The lowest BCUT2D eigenvalue weighted by Gasteiger charge is -2.11. The lowest BCUT2D eigenvalue weighted by atomic mass is 10.2. The highest BCUT2D eigenvalue weighted by Crippen LogP contribution is 2.26. The Bertz CT molecular complexity index is 1220. The van der Waals surface area contributed by atoms with Crippen LogP contribution in [0.15, 0.2) is 65.6 Å². The number of sulfonamides is 1. The van der Waals surface area contributed by atoms with E-state index in [9.17, 15) is 13.2 Å². The van der Waals surface area contributed by atoms with E-state index in [1.54, 1.807) is 24.3 Å². The first kappa shape index (κ1) is 23.2. The van der Waals surface area contributed by atoms with Gasteiger partial charge in [0, 0.05) is 10.0 Å². The smallest absolute Gasteiger partial charge is 0.262 e. The molecule has 1 amide bonds. The molecule has 2 N–H and O–H groups in total. The van der Waals surface area contributed by atoms with E-state index in [2.05, 4.69) is 10.0 Å². The minimum absolute atomic E-state index is 0.0340. The molecule has 31 heavy (non-hydrogen) atoms. The van der Waals surface area contributed by atoms with Gasteiger partial charge in [-0.15, -0.1) is 0 Å². The van der Waals surface area contributed by atoms with Crippen LogP contribution in [-0.2, 0) is 14.8 Å². The molecule has 3 aromatic rings. The number of nitrogens with one attached hydrogen (secondary N) is 2. The molecule has 0 spiro atoms. The Labute approximate surface area is 195 Å². The molecule has 6 nitrogen and oxygen atoms in total. The molecule has 0 unspecified atom stereocenters. The summed E-state index contributed by atoms with van der Waals surface area (Å²) in [5.74, 6) is -0.122. The second-order valence-electron chi connectivity index (χ2n) is 6.50. The number of hydrogen-bond acceptors (Lipinski definition) is 4. The van der Waals surface area contributed by atoms with Gasteiger partial charge in [-0.25, -0.2) is 8.42 Å². The summed E-state index contributed by atoms with van der Waals surface area (Å²) < 4.78 is 33.0. The van der Waals surface area contributed by atoms with Crippen LogP contribution in [0, 0.1) is 6.92 Å². The van der Waals surface area contributed by atoms with Crippen molar-refractivity contribution in [2.45, 2.75) is 11.8 Å². The zero-order valence-corrected chi connectivity index (χ0v) is 19.2. The molecule has 0 atom stereocenters. The van der Waals surface area contributed by atoms with Gasteiger partial charge in [-0.3, -0.25) is 9.52 Å². The van der Waals surface area contributed by atoms with Crippen molar-refractivity contribution >= 4 is 62.1 Å². The molecule has 0 saturated carbocycles. The van der Waals surface area contributed by atoms with E-state index >= 15 is 0 Å². The van der Waals surface area contributed by atoms with E-state index in [0.717, 1.165) is 5.56 Å². The van der Waals surface area contributed by atoms with Crippen molar-refractivity contribution in [3.05, 3.63) is 81.3 Å². The van der Waals surface area contributed by atoms with Crippen LogP contribution in [0.3, 0.4) is 0 Å². The summed E-state index contributed by atoms with van der Waals surface area (Å²) in [6.45, 7) is 1.53. The van der Waals surface area contributed by atoms with Gasteiger partial charge < -0.3 is 10.1 Å². The monoisotopic (exact) mass is 498 g/mol. The summed E-state index contributed by atoms with van der Waals surface area (Å²) in [4.78, 5) is 12.1. The minimum Gasteiger partial charge on any atom is -0.484 e. The molecule has 0 aliphatic rings. The van der Waals surface area contributed by atoms with E-state index in [1.165, 1.54) is 36.4 Å². The third-order valence-corrected chi connectivity index (χ3v) is 6.50. The van der Waals surface area contributed by atoms with Crippen LogP contribution in [0.25, 0.3) is 0 Å². The lowest BCUT2D eigenvalue weighted by Crippen LogP contribution is -2.20. The first-order chi connectivity index (χ1) is 14.6. The maximum atomic E-state index is 12.6. The summed E-state index contributed by atoms with van der Waals surface area (Å²) in [5.41, 5.74) is 1.56. The Morgan fingerprint density at radius 1 is 0.935 bits per heavy atom. The van der Waals surface area contributed by atoms with Gasteiger partial charge in [0.2, 0.25) is 0 Å². The van der Waals surface area contributed by atoms with E-state index in [-0.39, 0.29) is 11.5 Å². The molecule has 162 valence electrons. The van der Waals surface area contributed by atoms with Crippen molar-refractivity contribution in [3.63, 3.8) is 0 Å². The summed E-state index contributed by atoms with van der Waals surface area (Å²) in [7, 11) is -3.81. The van der Waals surface area contributed by atoms with Crippen LogP contribution in [0.1, 0.15) is 5.56 Å². The molecular weight excluding hydrogens is 483 g/mol. The Balaban J connectivity index is 1.60. The molecule has 0 aliphatic heterocycles. The minimum atomic E-state index is -3.81. The standard InChI is InChI=1S/C21H17Cl3N2O4S/c1-13-2-4-15(11-19(13)24)26-31(28,29)17-7-5-16(6-8-17)30-12-21(27)25-20-10-14(22)3-9-18(20)23/h2-11,26H,12H2,1H3,(H,25,27). The fourth-order valence-corrected chi connectivity index (χ4v) is 4.08. The van der Waals surface area contributed by atoms with Crippen molar-refractivity contribution in [2.75, 3.05) is 16.6 Å². The van der Waals surface area contributed by atoms with E-state index < -0.39 is 15.9 Å². The molecule has 0 heterocycles.